The molecule has 0 unspecified atom stereocenters. The number of fused-ring (bicyclic) bond motifs is 1. The summed E-state index contributed by atoms with van der Waals surface area (Å²) in [6.07, 6.45) is 11.2. The summed E-state index contributed by atoms with van der Waals surface area (Å²) in [7, 11) is 1.71. The minimum Gasteiger partial charge on any atom is -0.377 e. The second-order valence-corrected chi connectivity index (χ2v) is 7.14. The first-order valence-electron chi connectivity index (χ1n) is 8.80. The van der Waals surface area contributed by atoms with Crippen LogP contribution in [0, 0.1) is 6.92 Å². The van der Waals surface area contributed by atoms with Gasteiger partial charge in [-0.15, -0.1) is 0 Å². The number of pyridine rings is 1. The summed E-state index contributed by atoms with van der Waals surface area (Å²) in [5.41, 5.74) is 5.33. The van der Waals surface area contributed by atoms with E-state index in [0.29, 0.717) is 6.54 Å². The molecular formula is C20H22N6O. The second-order valence-electron chi connectivity index (χ2n) is 7.14. The van der Waals surface area contributed by atoms with Crippen molar-refractivity contribution in [3.63, 3.8) is 0 Å². The number of aromatic nitrogens is 6. The van der Waals surface area contributed by atoms with Crippen LogP contribution in [0.3, 0.4) is 0 Å². The summed E-state index contributed by atoms with van der Waals surface area (Å²) in [6, 6.07) is 3.88. The lowest BCUT2D eigenvalue weighted by Gasteiger charge is -2.22. The highest BCUT2D eigenvalue weighted by atomic mass is 16.5. The summed E-state index contributed by atoms with van der Waals surface area (Å²) >= 11 is 0. The number of ether oxygens (including phenoxy) is 1. The van der Waals surface area contributed by atoms with Crippen molar-refractivity contribution in [2.45, 2.75) is 32.9 Å². The first-order valence-corrected chi connectivity index (χ1v) is 8.80. The van der Waals surface area contributed by atoms with Gasteiger partial charge in [-0.25, -0.2) is 4.98 Å². The molecule has 4 heterocycles. The number of nitrogens with zero attached hydrogens (tertiary/aromatic N) is 6. The molecule has 0 atom stereocenters. The van der Waals surface area contributed by atoms with E-state index in [1.165, 1.54) is 0 Å². The maximum absolute atomic E-state index is 5.51. The second kappa shape index (κ2) is 6.59. The lowest BCUT2D eigenvalue weighted by molar-refractivity contribution is 0.00543. The fourth-order valence-electron chi connectivity index (χ4n) is 3.18. The molecule has 0 amide bonds. The van der Waals surface area contributed by atoms with Crippen LogP contribution >= 0.6 is 0 Å². The van der Waals surface area contributed by atoms with Crippen molar-refractivity contribution in [2.75, 3.05) is 7.11 Å². The summed E-state index contributed by atoms with van der Waals surface area (Å²) in [5.74, 6) is 0. The largest absolute Gasteiger partial charge is 0.377 e. The van der Waals surface area contributed by atoms with Gasteiger partial charge in [-0.1, -0.05) is 0 Å². The van der Waals surface area contributed by atoms with Gasteiger partial charge in [-0.2, -0.15) is 5.10 Å². The SMILES string of the molecule is COC(C)(C)Cn1cc(-c2c(C)nc3c(-c4ccncc4)nccn23)cn1. The molecule has 4 aromatic rings. The van der Waals surface area contributed by atoms with Crippen LogP contribution < -0.4 is 0 Å². The minimum atomic E-state index is -0.281. The van der Waals surface area contributed by atoms with Crippen molar-refractivity contribution in [3.05, 3.63) is 55.0 Å². The van der Waals surface area contributed by atoms with Crippen LogP contribution in [0.5, 0.6) is 0 Å². The van der Waals surface area contributed by atoms with Gasteiger partial charge < -0.3 is 4.74 Å². The van der Waals surface area contributed by atoms with Gasteiger partial charge >= 0.3 is 0 Å². The quantitative estimate of drug-likeness (QED) is 0.544. The molecule has 0 aliphatic carbocycles. The van der Waals surface area contributed by atoms with E-state index in [1.807, 2.05) is 56.2 Å². The van der Waals surface area contributed by atoms with Gasteiger partial charge in [0.1, 0.15) is 5.69 Å². The fraction of sp³-hybridized carbons (Fsp3) is 0.300. The molecule has 7 heteroatoms. The zero-order chi connectivity index (χ0) is 19.0. The van der Waals surface area contributed by atoms with Crippen molar-refractivity contribution in [1.82, 2.24) is 29.1 Å². The number of aryl methyl sites for hydroxylation is 1. The predicted molar refractivity (Wildman–Crippen MR) is 103 cm³/mol. The van der Waals surface area contributed by atoms with E-state index in [-0.39, 0.29) is 5.60 Å². The Kier molecular flexibility index (Phi) is 4.24. The summed E-state index contributed by atoms with van der Waals surface area (Å²) < 4.78 is 9.48. The third-order valence-electron chi connectivity index (χ3n) is 4.67. The highest BCUT2D eigenvalue weighted by molar-refractivity contribution is 5.77. The van der Waals surface area contributed by atoms with E-state index in [0.717, 1.165) is 33.9 Å². The van der Waals surface area contributed by atoms with Crippen molar-refractivity contribution < 1.29 is 4.74 Å². The van der Waals surface area contributed by atoms with Crippen LogP contribution in [0.4, 0.5) is 0 Å². The topological polar surface area (TPSA) is 70.1 Å². The van der Waals surface area contributed by atoms with Crippen molar-refractivity contribution in [1.29, 1.82) is 0 Å². The molecule has 0 spiro atoms. The van der Waals surface area contributed by atoms with E-state index in [1.54, 1.807) is 25.7 Å². The number of imidazole rings is 1. The third-order valence-corrected chi connectivity index (χ3v) is 4.67. The molecule has 0 saturated carbocycles. The van der Waals surface area contributed by atoms with Gasteiger partial charge in [0.2, 0.25) is 0 Å². The molecule has 0 fully saturated rings. The van der Waals surface area contributed by atoms with Gasteiger partial charge in [-0.05, 0) is 32.9 Å². The van der Waals surface area contributed by atoms with E-state index >= 15 is 0 Å². The van der Waals surface area contributed by atoms with E-state index in [9.17, 15) is 0 Å². The van der Waals surface area contributed by atoms with E-state index in [2.05, 4.69) is 19.5 Å². The van der Waals surface area contributed by atoms with Crippen molar-refractivity contribution in [3.8, 4) is 22.5 Å². The van der Waals surface area contributed by atoms with Crippen LogP contribution in [-0.2, 0) is 11.3 Å². The van der Waals surface area contributed by atoms with E-state index in [4.69, 9.17) is 9.72 Å². The normalized spacial score (nSPS) is 12.0. The molecule has 0 aromatic carbocycles. The molecule has 138 valence electrons. The number of hydrogen-bond donors (Lipinski definition) is 0. The molecule has 7 nitrogen and oxygen atoms in total. The zero-order valence-corrected chi connectivity index (χ0v) is 15.9. The monoisotopic (exact) mass is 362 g/mol. The molecule has 0 bridgehead atoms. The van der Waals surface area contributed by atoms with Crippen LogP contribution in [-0.4, -0.2) is 41.8 Å². The molecule has 27 heavy (non-hydrogen) atoms. The van der Waals surface area contributed by atoms with Gasteiger partial charge in [-0.3, -0.25) is 19.1 Å². The molecular weight excluding hydrogens is 340 g/mol. The molecule has 0 aliphatic heterocycles. The van der Waals surface area contributed by atoms with Gasteiger partial charge in [0, 0.05) is 49.2 Å². The van der Waals surface area contributed by atoms with Gasteiger partial charge in [0.15, 0.2) is 5.65 Å². The predicted octanol–water partition coefficient (Wildman–Crippen LogP) is 3.39. The maximum atomic E-state index is 5.51. The highest BCUT2D eigenvalue weighted by Crippen LogP contribution is 2.29. The fourth-order valence-corrected chi connectivity index (χ4v) is 3.18. The Bertz CT molecular complexity index is 1080. The Morgan fingerprint density at radius 3 is 2.63 bits per heavy atom. The highest BCUT2D eigenvalue weighted by Gasteiger charge is 2.20. The smallest absolute Gasteiger partial charge is 0.164 e. The zero-order valence-electron chi connectivity index (χ0n) is 15.9. The molecule has 0 saturated heterocycles. The maximum Gasteiger partial charge on any atom is 0.164 e. The average molecular weight is 362 g/mol. The summed E-state index contributed by atoms with van der Waals surface area (Å²) in [6.45, 7) is 6.76. The number of methoxy groups -OCH3 is 1. The Morgan fingerprint density at radius 2 is 1.89 bits per heavy atom. The molecule has 4 rings (SSSR count). The lowest BCUT2D eigenvalue weighted by Crippen LogP contribution is -2.29. The van der Waals surface area contributed by atoms with Crippen molar-refractivity contribution >= 4 is 5.65 Å². The number of rotatable bonds is 5. The first-order chi connectivity index (χ1) is 13.0. The first kappa shape index (κ1) is 17.4. The third kappa shape index (κ3) is 3.21. The van der Waals surface area contributed by atoms with Crippen LogP contribution in [0.25, 0.3) is 28.2 Å². The molecule has 0 radical (unpaired) electrons. The van der Waals surface area contributed by atoms with Crippen LogP contribution in [0.1, 0.15) is 19.5 Å². The Labute approximate surface area is 157 Å². The Morgan fingerprint density at radius 1 is 1.11 bits per heavy atom. The van der Waals surface area contributed by atoms with Gasteiger partial charge in [0.05, 0.1) is 29.7 Å². The minimum absolute atomic E-state index is 0.281. The average Bonchev–Trinajstić information content (AvgIpc) is 3.24. The summed E-state index contributed by atoms with van der Waals surface area (Å²) in [5, 5.41) is 4.51. The molecule has 4 aromatic heterocycles. The van der Waals surface area contributed by atoms with Crippen LogP contribution in [0.2, 0.25) is 0 Å². The standard InChI is InChI=1S/C20H22N6O/c1-14-18(16-11-23-25(12-16)13-20(2,3)27-4)26-10-9-22-17(19(26)24-14)15-5-7-21-8-6-15/h5-12H,13H2,1-4H3. The molecule has 0 aliphatic rings. The van der Waals surface area contributed by atoms with Gasteiger partial charge in [0.25, 0.3) is 0 Å². The summed E-state index contributed by atoms with van der Waals surface area (Å²) in [4.78, 5) is 13.4. The Hall–Kier alpha value is -3.06. The van der Waals surface area contributed by atoms with Crippen molar-refractivity contribution in [2.24, 2.45) is 0 Å². The van der Waals surface area contributed by atoms with E-state index < -0.39 is 0 Å². The van der Waals surface area contributed by atoms with Crippen LogP contribution in [0.15, 0.2) is 49.3 Å². The number of hydrogen-bond acceptors (Lipinski definition) is 5. The molecule has 0 N–H and O–H groups in total. The Balaban J connectivity index is 1.80. The lowest BCUT2D eigenvalue weighted by atomic mass is 10.1.